The maximum atomic E-state index is 12.1. The SMILES string of the molecule is CC(NCCc1ccc(NC(=O)Cc2cscn2)cc1)C(O)c1ccc(O)c(NS(C)(=O)=O)c1. The van der Waals surface area contributed by atoms with Crippen LogP contribution in [0.15, 0.2) is 53.4 Å². The first-order valence-electron chi connectivity index (χ1n) is 10.6. The van der Waals surface area contributed by atoms with Crippen molar-refractivity contribution in [1.29, 1.82) is 0 Å². The first-order valence-corrected chi connectivity index (χ1v) is 13.4. The van der Waals surface area contributed by atoms with E-state index in [-0.39, 0.29) is 29.8 Å². The highest BCUT2D eigenvalue weighted by atomic mass is 32.2. The topological polar surface area (TPSA) is 141 Å². The molecule has 3 aromatic rings. The smallest absolute Gasteiger partial charge is 0.230 e. The molecule has 9 nitrogen and oxygen atoms in total. The van der Waals surface area contributed by atoms with Crippen molar-refractivity contribution < 1.29 is 23.4 Å². The Morgan fingerprint density at radius 1 is 1.18 bits per heavy atom. The lowest BCUT2D eigenvalue weighted by Gasteiger charge is -2.21. The van der Waals surface area contributed by atoms with Crippen LogP contribution in [0.2, 0.25) is 0 Å². The lowest BCUT2D eigenvalue weighted by atomic mass is 10.0. The second kappa shape index (κ2) is 11.4. The van der Waals surface area contributed by atoms with E-state index in [1.807, 2.05) is 36.6 Å². The van der Waals surface area contributed by atoms with E-state index in [2.05, 4.69) is 20.3 Å². The summed E-state index contributed by atoms with van der Waals surface area (Å²) in [5.74, 6) is -0.336. The third kappa shape index (κ3) is 7.80. The number of carbonyl (C=O) groups excluding carboxylic acids is 1. The Morgan fingerprint density at radius 3 is 2.56 bits per heavy atom. The van der Waals surface area contributed by atoms with Crippen LogP contribution in [0, 0.1) is 0 Å². The predicted octanol–water partition coefficient (Wildman–Crippen LogP) is 2.66. The van der Waals surface area contributed by atoms with Crippen LogP contribution < -0.4 is 15.4 Å². The molecule has 0 spiro atoms. The van der Waals surface area contributed by atoms with Gasteiger partial charge in [-0.05, 0) is 55.3 Å². The number of aliphatic hydroxyl groups is 1. The zero-order valence-corrected chi connectivity index (χ0v) is 20.5. The van der Waals surface area contributed by atoms with E-state index in [1.165, 1.54) is 23.5 Å². The molecule has 2 atom stereocenters. The molecule has 182 valence electrons. The number of aliphatic hydroxyl groups excluding tert-OH is 1. The number of hydrogen-bond donors (Lipinski definition) is 5. The van der Waals surface area contributed by atoms with E-state index >= 15 is 0 Å². The third-order valence-electron chi connectivity index (χ3n) is 5.07. The van der Waals surface area contributed by atoms with Gasteiger partial charge in [0, 0.05) is 17.1 Å². The van der Waals surface area contributed by atoms with Gasteiger partial charge in [-0.15, -0.1) is 11.3 Å². The van der Waals surface area contributed by atoms with Crippen molar-refractivity contribution in [3.63, 3.8) is 0 Å². The van der Waals surface area contributed by atoms with Crippen LogP contribution in [0.4, 0.5) is 11.4 Å². The minimum atomic E-state index is -3.56. The maximum Gasteiger partial charge on any atom is 0.230 e. The summed E-state index contributed by atoms with van der Waals surface area (Å²) < 4.78 is 25.2. The summed E-state index contributed by atoms with van der Waals surface area (Å²) in [4.78, 5) is 16.2. The molecule has 2 aromatic carbocycles. The predicted molar refractivity (Wildman–Crippen MR) is 134 cm³/mol. The number of aromatic nitrogens is 1. The van der Waals surface area contributed by atoms with Gasteiger partial charge in [-0.1, -0.05) is 18.2 Å². The molecule has 0 bridgehead atoms. The largest absolute Gasteiger partial charge is 0.506 e. The Balaban J connectivity index is 1.48. The number of thiazole rings is 1. The fourth-order valence-electron chi connectivity index (χ4n) is 3.31. The number of carbonyl (C=O) groups is 1. The Bertz CT molecular complexity index is 1200. The van der Waals surface area contributed by atoms with Gasteiger partial charge >= 0.3 is 0 Å². The molecule has 3 rings (SSSR count). The average molecular weight is 505 g/mol. The minimum absolute atomic E-state index is 0.0185. The van der Waals surface area contributed by atoms with Gasteiger partial charge in [0.25, 0.3) is 0 Å². The molecule has 0 aliphatic carbocycles. The molecule has 0 saturated carbocycles. The van der Waals surface area contributed by atoms with Gasteiger partial charge in [0.15, 0.2) is 0 Å². The summed E-state index contributed by atoms with van der Waals surface area (Å²) in [6.45, 7) is 2.42. The molecule has 5 N–H and O–H groups in total. The number of amides is 1. The number of anilines is 2. The van der Waals surface area contributed by atoms with Crippen molar-refractivity contribution >= 4 is 38.6 Å². The lowest BCUT2D eigenvalue weighted by molar-refractivity contribution is -0.115. The van der Waals surface area contributed by atoms with Crippen LogP contribution >= 0.6 is 11.3 Å². The van der Waals surface area contributed by atoms with Crippen molar-refractivity contribution in [2.24, 2.45) is 0 Å². The monoisotopic (exact) mass is 504 g/mol. The molecular weight excluding hydrogens is 476 g/mol. The lowest BCUT2D eigenvalue weighted by Crippen LogP contribution is -2.33. The summed E-state index contributed by atoms with van der Waals surface area (Å²) >= 11 is 1.46. The van der Waals surface area contributed by atoms with Crippen molar-refractivity contribution in [2.75, 3.05) is 22.8 Å². The molecule has 0 aliphatic rings. The van der Waals surface area contributed by atoms with Crippen LogP contribution in [-0.4, -0.2) is 48.4 Å². The van der Waals surface area contributed by atoms with E-state index in [0.717, 1.165) is 17.5 Å². The Hall–Kier alpha value is -2.99. The van der Waals surface area contributed by atoms with Gasteiger partial charge < -0.3 is 20.8 Å². The van der Waals surface area contributed by atoms with E-state index in [0.29, 0.717) is 24.2 Å². The van der Waals surface area contributed by atoms with Crippen LogP contribution in [0.1, 0.15) is 29.8 Å². The summed E-state index contributed by atoms with van der Waals surface area (Å²) in [5, 5.41) is 28.5. The van der Waals surface area contributed by atoms with Crippen LogP contribution in [0.25, 0.3) is 0 Å². The molecule has 0 radical (unpaired) electrons. The number of nitrogens with zero attached hydrogens (tertiary/aromatic N) is 1. The van der Waals surface area contributed by atoms with E-state index < -0.39 is 16.1 Å². The van der Waals surface area contributed by atoms with E-state index in [1.54, 1.807) is 11.6 Å². The van der Waals surface area contributed by atoms with Crippen LogP contribution in [0.5, 0.6) is 5.75 Å². The third-order valence-corrected chi connectivity index (χ3v) is 6.30. The molecule has 1 heterocycles. The quantitative estimate of drug-likeness (QED) is 0.253. The number of benzene rings is 2. The normalized spacial score (nSPS) is 13.3. The minimum Gasteiger partial charge on any atom is -0.506 e. The number of phenols is 1. The Labute approximate surface area is 202 Å². The van der Waals surface area contributed by atoms with Gasteiger partial charge in [-0.25, -0.2) is 13.4 Å². The standard InChI is InChI=1S/C23H28N4O5S2/c1-15(23(30)17-5-8-21(28)20(11-17)27-34(2,31)32)24-10-9-16-3-6-18(7-4-16)26-22(29)12-19-13-33-14-25-19/h3-8,11,13-15,23-24,27-28,30H,9-10,12H2,1-2H3,(H,26,29). The summed E-state index contributed by atoms with van der Waals surface area (Å²) in [5.41, 5.74) is 4.72. The number of rotatable bonds is 11. The zero-order valence-electron chi connectivity index (χ0n) is 18.9. The summed E-state index contributed by atoms with van der Waals surface area (Å²) in [7, 11) is -3.56. The fraction of sp³-hybridized carbons (Fsp3) is 0.304. The van der Waals surface area contributed by atoms with Gasteiger partial charge in [0.2, 0.25) is 15.9 Å². The van der Waals surface area contributed by atoms with E-state index in [4.69, 9.17) is 0 Å². The molecule has 0 fully saturated rings. The Kier molecular flexibility index (Phi) is 8.61. The van der Waals surface area contributed by atoms with Crippen molar-refractivity contribution in [2.45, 2.75) is 31.9 Å². The van der Waals surface area contributed by atoms with Crippen molar-refractivity contribution in [3.05, 3.63) is 70.2 Å². The van der Waals surface area contributed by atoms with Crippen LogP contribution in [0.3, 0.4) is 0 Å². The van der Waals surface area contributed by atoms with Crippen molar-refractivity contribution in [3.8, 4) is 5.75 Å². The van der Waals surface area contributed by atoms with Gasteiger partial charge in [0.05, 0.1) is 35.7 Å². The van der Waals surface area contributed by atoms with Gasteiger partial charge in [-0.2, -0.15) is 0 Å². The summed E-state index contributed by atoms with van der Waals surface area (Å²) in [6.07, 6.45) is 1.03. The molecule has 0 aliphatic heterocycles. The second-order valence-electron chi connectivity index (χ2n) is 7.99. The first-order chi connectivity index (χ1) is 16.1. The Morgan fingerprint density at radius 2 is 1.91 bits per heavy atom. The van der Waals surface area contributed by atoms with Gasteiger partial charge in [0.1, 0.15) is 5.75 Å². The average Bonchev–Trinajstić information content (AvgIpc) is 3.28. The number of nitrogens with one attached hydrogen (secondary N) is 3. The van der Waals surface area contributed by atoms with Gasteiger partial charge in [-0.3, -0.25) is 9.52 Å². The highest BCUT2D eigenvalue weighted by Gasteiger charge is 2.18. The molecule has 1 aromatic heterocycles. The molecular formula is C23H28N4O5S2. The molecule has 1 amide bonds. The maximum absolute atomic E-state index is 12.1. The molecule has 0 saturated heterocycles. The number of phenolic OH excluding ortho intramolecular Hbond substituents is 1. The number of hydrogen-bond acceptors (Lipinski definition) is 8. The highest BCUT2D eigenvalue weighted by Crippen LogP contribution is 2.29. The summed E-state index contributed by atoms with van der Waals surface area (Å²) in [6, 6.07) is 11.6. The fourth-order valence-corrected chi connectivity index (χ4v) is 4.43. The zero-order chi connectivity index (χ0) is 24.7. The highest BCUT2D eigenvalue weighted by molar-refractivity contribution is 7.92. The second-order valence-corrected chi connectivity index (χ2v) is 10.5. The number of sulfonamides is 1. The van der Waals surface area contributed by atoms with E-state index in [9.17, 15) is 23.4 Å². The molecule has 2 unspecified atom stereocenters. The van der Waals surface area contributed by atoms with Crippen molar-refractivity contribution in [1.82, 2.24) is 10.3 Å². The molecule has 11 heteroatoms. The molecule has 34 heavy (non-hydrogen) atoms. The van der Waals surface area contributed by atoms with Crippen LogP contribution in [-0.2, 0) is 27.7 Å². The number of aromatic hydroxyl groups is 1. The first kappa shape index (κ1) is 25.6.